The predicted molar refractivity (Wildman–Crippen MR) is 72.9 cm³/mol. The van der Waals surface area contributed by atoms with Gasteiger partial charge in [-0.1, -0.05) is 17.3 Å². The predicted octanol–water partition coefficient (Wildman–Crippen LogP) is 0.787. The second-order valence-corrected chi connectivity index (χ2v) is 4.43. The number of benzene rings is 1. The van der Waals surface area contributed by atoms with Crippen LogP contribution < -0.4 is 15.8 Å². The van der Waals surface area contributed by atoms with Crippen molar-refractivity contribution in [3.05, 3.63) is 24.3 Å². The number of hydrogen-bond acceptors (Lipinski definition) is 5. The number of nitrogens with two attached hydrogens (primary N) is 1. The summed E-state index contributed by atoms with van der Waals surface area (Å²) in [4.78, 5) is 12.0. The zero-order valence-electron chi connectivity index (χ0n) is 10.9. The Bertz CT molecular complexity index is 498. The van der Waals surface area contributed by atoms with Crippen LogP contribution in [0.5, 0.6) is 5.75 Å². The first-order valence-corrected chi connectivity index (χ1v) is 6.27. The topological polar surface area (TPSA) is 106 Å². The van der Waals surface area contributed by atoms with Crippen LogP contribution in [0.2, 0.25) is 0 Å². The maximum Gasteiger partial charge on any atom is 0.230 e. The van der Waals surface area contributed by atoms with E-state index in [2.05, 4.69) is 10.5 Å². The van der Waals surface area contributed by atoms with Gasteiger partial charge in [0.1, 0.15) is 12.4 Å². The van der Waals surface area contributed by atoms with Crippen molar-refractivity contribution in [3.8, 4) is 5.75 Å². The summed E-state index contributed by atoms with van der Waals surface area (Å²) in [7, 11) is 0. The largest absolute Gasteiger partial charge is 0.483 e. The Labute approximate surface area is 116 Å². The lowest BCUT2D eigenvalue weighted by molar-refractivity contribution is -0.119. The van der Waals surface area contributed by atoms with Crippen LogP contribution in [0.3, 0.4) is 0 Å². The molecule has 0 saturated carbocycles. The van der Waals surface area contributed by atoms with E-state index >= 15 is 0 Å². The van der Waals surface area contributed by atoms with Gasteiger partial charge in [0, 0.05) is 6.61 Å². The first-order valence-electron chi connectivity index (χ1n) is 6.27. The Hall–Kier alpha value is -2.28. The molecule has 0 aliphatic carbocycles. The van der Waals surface area contributed by atoms with Crippen molar-refractivity contribution in [1.29, 1.82) is 0 Å². The van der Waals surface area contributed by atoms with E-state index in [1.165, 1.54) is 0 Å². The Morgan fingerprint density at radius 3 is 3.05 bits per heavy atom. The monoisotopic (exact) mass is 279 g/mol. The van der Waals surface area contributed by atoms with Crippen LogP contribution in [0.4, 0.5) is 5.69 Å². The van der Waals surface area contributed by atoms with Gasteiger partial charge >= 0.3 is 0 Å². The summed E-state index contributed by atoms with van der Waals surface area (Å²) in [5, 5.41) is 14.1. The number of nitrogens with zero attached hydrogens (tertiary/aromatic N) is 1. The van der Waals surface area contributed by atoms with E-state index in [9.17, 15) is 4.79 Å². The van der Waals surface area contributed by atoms with Crippen LogP contribution in [0.15, 0.2) is 29.4 Å². The molecule has 1 fully saturated rings. The SMILES string of the molecule is N/C(COc1ccccc1NC(=O)C1CCOC1)=N\O. The molecule has 0 bridgehead atoms. The van der Waals surface area contributed by atoms with Crippen LogP contribution in [0.1, 0.15) is 6.42 Å². The van der Waals surface area contributed by atoms with Crippen molar-refractivity contribution in [1.82, 2.24) is 0 Å². The van der Waals surface area contributed by atoms with E-state index in [0.29, 0.717) is 24.7 Å². The molecule has 7 nitrogen and oxygen atoms in total. The second kappa shape index (κ2) is 6.76. The van der Waals surface area contributed by atoms with Gasteiger partial charge in [0.2, 0.25) is 5.91 Å². The van der Waals surface area contributed by atoms with E-state index in [4.69, 9.17) is 20.4 Å². The lowest BCUT2D eigenvalue weighted by Gasteiger charge is -2.13. The fourth-order valence-electron chi connectivity index (χ4n) is 1.85. The van der Waals surface area contributed by atoms with Gasteiger partial charge in [0.15, 0.2) is 5.84 Å². The molecule has 7 heteroatoms. The van der Waals surface area contributed by atoms with Gasteiger partial charge in [0.05, 0.1) is 18.2 Å². The minimum atomic E-state index is -0.132. The van der Waals surface area contributed by atoms with Gasteiger partial charge in [-0.3, -0.25) is 4.79 Å². The third kappa shape index (κ3) is 3.61. The Balaban J connectivity index is 2.01. The number of nitrogens with one attached hydrogen (secondary N) is 1. The number of ether oxygens (including phenoxy) is 2. The average Bonchev–Trinajstić information content (AvgIpc) is 3.00. The molecule has 1 heterocycles. The maximum atomic E-state index is 12.0. The summed E-state index contributed by atoms with van der Waals surface area (Å²) in [5.74, 6) is 0.191. The smallest absolute Gasteiger partial charge is 0.230 e. The summed E-state index contributed by atoms with van der Waals surface area (Å²) in [5.41, 5.74) is 5.89. The minimum Gasteiger partial charge on any atom is -0.483 e. The zero-order valence-corrected chi connectivity index (χ0v) is 10.9. The fourth-order valence-corrected chi connectivity index (χ4v) is 1.85. The Kier molecular flexibility index (Phi) is 4.78. The van der Waals surface area contributed by atoms with E-state index in [1.54, 1.807) is 24.3 Å². The third-order valence-electron chi connectivity index (χ3n) is 2.95. The molecule has 0 aromatic heterocycles. The molecular formula is C13H17N3O4. The van der Waals surface area contributed by atoms with Gasteiger partial charge in [-0.25, -0.2) is 0 Å². The van der Waals surface area contributed by atoms with Gasteiger partial charge in [0.25, 0.3) is 0 Å². The molecule has 1 aliphatic heterocycles. The highest BCUT2D eigenvalue weighted by Gasteiger charge is 2.24. The number of amides is 1. The molecule has 1 saturated heterocycles. The molecule has 0 radical (unpaired) electrons. The van der Waals surface area contributed by atoms with Crippen LogP contribution in [0, 0.1) is 5.92 Å². The number of rotatable bonds is 5. The molecule has 1 aromatic rings. The minimum absolute atomic E-state index is 0.0460. The normalized spacial score (nSPS) is 18.8. The number of carbonyl (C=O) groups excluding carboxylic acids is 1. The van der Waals surface area contributed by atoms with Crippen molar-refractivity contribution in [2.75, 3.05) is 25.1 Å². The van der Waals surface area contributed by atoms with E-state index < -0.39 is 0 Å². The number of carbonyl (C=O) groups is 1. The summed E-state index contributed by atoms with van der Waals surface area (Å²) < 4.78 is 10.6. The van der Waals surface area contributed by atoms with Crippen LogP contribution in [-0.4, -0.2) is 36.8 Å². The lowest BCUT2D eigenvalue weighted by Crippen LogP contribution is -2.24. The molecule has 1 atom stereocenters. The molecule has 4 N–H and O–H groups in total. The number of para-hydroxylation sites is 2. The van der Waals surface area contributed by atoms with Gasteiger partial charge < -0.3 is 25.7 Å². The Morgan fingerprint density at radius 1 is 1.55 bits per heavy atom. The Morgan fingerprint density at radius 2 is 2.35 bits per heavy atom. The van der Waals surface area contributed by atoms with Crippen molar-refractivity contribution in [2.24, 2.45) is 16.8 Å². The zero-order chi connectivity index (χ0) is 14.4. The van der Waals surface area contributed by atoms with Crippen LogP contribution in [0.25, 0.3) is 0 Å². The molecule has 1 aromatic carbocycles. The number of hydrogen-bond donors (Lipinski definition) is 3. The van der Waals surface area contributed by atoms with Crippen LogP contribution >= 0.6 is 0 Å². The van der Waals surface area contributed by atoms with Crippen molar-refractivity contribution in [2.45, 2.75) is 6.42 Å². The van der Waals surface area contributed by atoms with Gasteiger partial charge in [-0.05, 0) is 18.6 Å². The van der Waals surface area contributed by atoms with Gasteiger partial charge in [-0.2, -0.15) is 0 Å². The molecule has 1 aliphatic rings. The molecular weight excluding hydrogens is 262 g/mol. The third-order valence-corrected chi connectivity index (χ3v) is 2.95. The van der Waals surface area contributed by atoms with Crippen LogP contribution in [-0.2, 0) is 9.53 Å². The van der Waals surface area contributed by atoms with Crippen molar-refractivity contribution >= 4 is 17.4 Å². The standard InChI is InChI=1S/C13H17N3O4/c14-12(16-18)8-20-11-4-2-1-3-10(11)15-13(17)9-5-6-19-7-9/h1-4,9,18H,5-8H2,(H2,14,16)(H,15,17). The van der Waals surface area contributed by atoms with Crippen molar-refractivity contribution in [3.63, 3.8) is 0 Å². The maximum absolute atomic E-state index is 12.0. The number of anilines is 1. The van der Waals surface area contributed by atoms with E-state index in [0.717, 1.165) is 6.42 Å². The molecule has 1 unspecified atom stereocenters. The molecule has 20 heavy (non-hydrogen) atoms. The van der Waals surface area contributed by atoms with Crippen molar-refractivity contribution < 1.29 is 19.5 Å². The molecule has 1 amide bonds. The summed E-state index contributed by atoms with van der Waals surface area (Å²) in [6, 6.07) is 6.99. The van der Waals surface area contributed by atoms with Gasteiger partial charge in [-0.15, -0.1) is 0 Å². The van der Waals surface area contributed by atoms with E-state index in [-0.39, 0.29) is 24.3 Å². The summed E-state index contributed by atoms with van der Waals surface area (Å²) >= 11 is 0. The average molecular weight is 279 g/mol. The fraction of sp³-hybridized carbons (Fsp3) is 0.385. The van der Waals surface area contributed by atoms with E-state index in [1.807, 2.05) is 0 Å². The second-order valence-electron chi connectivity index (χ2n) is 4.43. The number of amidine groups is 1. The highest BCUT2D eigenvalue weighted by Crippen LogP contribution is 2.25. The first-order chi connectivity index (χ1) is 9.70. The molecule has 2 rings (SSSR count). The summed E-state index contributed by atoms with van der Waals surface area (Å²) in [6.45, 7) is 0.995. The highest BCUT2D eigenvalue weighted by molar-refractivity contribution is 5.94. The number of oxime groups is 1. The first kappa shape index (κ1) is 14.1. The lowest BCUT2D eigenvalue weighted by atomic mass is 10.1. The summed E-state index contributed by atoms with van der Waals surface area (Å²) in [6.07, 6.45) is 0.721. The quantitative estimate of drug-likeness (QED) is 0.320. The molecule has 0 spiro atoms. The highest BCUT2D eigenvalue weighted by atomic mass is 16.5. The molecule has 108 valence electrons.